The normalized spacial score (nSPS) is 15.7. The predicted molar refractivity (Wildman–Crippen MR) is 122 cm³/mol. The number of fused-ring (bicyclic) bond motifs is 2. The minimum absolute atomic E-state index is 0.616. The van der Waals surface area contributed by atoms with E-state index in [-0.39, 0.29) is 0 Å². The van der Waals surface area contributed by atoms with Crippen molar-refractivity contribution in [3.8, 4) is 21.8 Å². The summed E-state index contributed by atoms with van der Waals surface area (Å²) in [6, 6.07) is 7.77. The van der Waals surface area contributed by atoms with E-state index in [0.29, 0.717) is 10.0 Å². The van der Waals surface area contributed by atoms with Crippen molar-refractivity contribution >= 4 is 45.8 Å². The van der Waals surface area contributed by atoms with Gasteiger partial charge in [0.25, 0.3) is 0 Å². The third-order valence-corrected chi connectivity index (χ3v) is 6.58. The Morgan fingerprint density at radius 1 is 1.14 bits per heavy atom. The fourth-order valence-electron chi connectivity index (χ4n) is 3.63. The number of allylic oxidation sites excluding steroid dienone is 3. The van der Waals surface area contributed by atoms with Gasteiger partial charge in [-0.25, -0.2) is 4.98 Å². The molecule has 29 heavy (non-hydrogen) atoms. The number of hydrogen-bond acceptors (Lipinski definition) is 4. The lowest BCUT2D eigenvalue weighted by atomic mass is 9.98. The Kier molecular flexibility index (Phi) is 4.66. The van der Waals surface area contributed by atoms with Gasteiger partial charge in [-0.3, -0.25) is 5.01 Å². The quantitative estimate of drug-likeness (QED) is 0.497. The Morgan fingerprint density at radius 2 is 2.03 bits per heavy atom. The van der Waals surface area contributed by atoms with Gasteiger partial charge in [0.15, 0.2) is 0 Å². The molecule has 0 aliphatic carbocycles. The van der Waals surface area contributed by atoms with Crippen LogP contribution in [0.15, 0.2) is 71.8 Å². The highest BCUT2D eigenvalue weighted by Gasteiger charge is 2.24. The lowest BCUT2D eigenvalue weighted by Crippen LogP contribution is -2.21. The van der Waals surface area contributed by atoms with Gasteiger partial charge >= 0.3 is 0 Å². The van der Waals surface area contributed by atoms with Gasteiger partial charge in [-0.1, -0.05) is 41.4 Å². The summed E-state index contributed by atoms with van der Waals surface area (Å²) in [5, 5.41) is 7.93. The van der Waals surface area contributed by atoms with Crippen LogP contribution in [0.1, 0.15) is 11.8 Å². The summed E-state index contributed by atoms with van der Waals surface area (Å²) in [5.74, 6) is 0.818. The number of imidazole rings is 1. The van der Waals surface area contributed by atoms with E-state index in [9.17, 15) is 0 Å². The van der Waals surface area contributed by atoms with E-state index in [0.717, 1.165) is 44.5 Å². The molecule has 0 saturated carbocycles. The van der Waals surface area contributed by atoms with E-state index >= 15 is 0 Å². The molecule has 0 saturated heterocycles. The molecule has 2 aliphatic heterocycles. The number of hydrogen-bond donors (Lipinski definition) is 1. The molecule has 0 amide bonds. The van der Waals surface area contributed by atoms with Crippen molar-refractivity contribution in [1.29, 1.82) is 0 Å². The van der Waals surface area contributed by atoms with Gasteiger partial charge in [0, 0.05) is 50.2 Å². The average molecular weight is 439 g/mol. The molecule has 2 bridgehead atoms. The average Bonchev–Trinajstić information content (AvgIpc) is 3.31. The number of benzene rings is 1. The number of nitrogens with zero attached hydrogens (tertiary/aromatic N) is 3. The maximum Gasteiger partial charge on any atom is 0.148 e. The standard InChI is InChI=1S/C22H16Cl2N4S/c1-13-20(14-4-2-3-9-28(12-14)27-13)19-11-17(16-6-5-15(23)10-18(16)24)21(29-19)22-25-7-8-26-22/h2-11H,12H2,1H3,(H,25,26). The third kappa shape index (κ3) is 3.35. The molecule has 2 aromatic heterocycles. The highest BCUT2D eigenvalue weighted by atomic mass is 35.5. The summed E-state index contributed by atoms with van der Waals surface area (Å²) in [4.78, 5) is 9.88. The summed E-state index contributed by atoms with van der Waals surface area (Å²) in [5.41, 5.74) is 5.35. The van der Waals surface area contributed by atoms with Gasteiger partial charge in [0.1, 0.15) is 5.82 Å². The highest BCUT2D eigenvalue weighted by Crippen LogP contribution is 2.44. The monoisotopic (exact) mass is 438 g/mol. The van der Waals surface area contributed by atoms with Gasteiger partial charge in [-0.05, 0) is 36.8 Å². The molecule has 1 N–H and O–H groups in total. The lowest BCUT2D eigenvalue weighted by Gasteiger charge is -2.23. The fourth-order valence-corrected chi connectivity index (χ4v) is 5.41. The zero-order valence-electron chi connectivity index (χ0n) is 15.5. The molecule has 4 nitrogen and oxygen atoms in total. The number of aromatic amines is 1. The molecule has 4 heterocycles. The molecule has 5 rings (SSSR count). The molecule has 0 spiro atoms. The summed E-state index contributed by atoms with van der Waals surface area (Å²) in [6.45, 7) is 2.81. The van der Waals surface area contributed by atoms with Crippen molar-refractivity contribution in [2.24, 2.45) is 5.10 Å². The van der Waals surface area contributed by atoms with Gasteiger partial charge in [0.2, 0.25) is 0 Å². The summed E-state index contributed by atoms with van der Waals surface area (Å²) < 4.78 is 0. The van der Waals surface area contributed by atoms with Crippen molar-refractivity contribution in [2.75, 3.05) is 6.54 Å². The number of rotatable bonds is 3. The molecule has 3 aromatic rings. The van der Waals surface area contributed by atoms with E-state index in [1.54, 1.807) is 23.6 Å². The van der Waals surface area contributed by atoms with Crippen LogP contribution >= 0.6 is 34.5 Å². The van der Waals surface area contributed by atoms with E-state index in [2.05, 4.69) is 35.1 Å². The largest absolute Gasteiger partial charge is 0.344 e. The Balaban J connectivity index is 1.72. The maximum absolute atomic E-state index is 6.55. The fraction of sp³-hybridized carbons (Fsp3) is 0.0909. The first-order valence-electron chi connectivity index (χ1n) is 9.10. The highest BCUT2D eigenvalue weighted by molar-refractivity contribution is 7.17. The van der Waals surface area contributed by atoms with Crippen molar-refractivity contribution in [1.82, 2.24) is 15.0 Å². The van der Waals surface area contributed by atoms with Gasteiger partial charge in [-0.2, -0.15) is 5.10 Å². The summed E-state index contributed by atoms with van der Waals surface area (Å²) in [6.07, 6.45) is 11.8. The molecule has 144 valence electrons. The Morgan fingerprint density at radius 3 is 2.83 bits per heavy atom. The lowest BCUT2D eigenvalue weighted by molar-refractivity contribution is 0.435. The van der Waals surface area contributed by atoms with E-state index in [4.69, 9.17) is 28.3 Å². The second-order valence-electron chi connectivity index (χ2n) is 6.80. The molecule has 0 fully saturated rings. The number of hydrazone groups is 1. The van der Waals surface area contributed by atoms with Crippen LogP contribution in [0.3, 0.4) is 0 Å². The first kappa shape index (κ1) is 18.4. The SMILES string of the molecule is CC1=NN2C=CC=CC(=C1c1cc(-c3ccc(Cl)cc3Cl)c(-c3ncc[nH]3)s1)C2. The second-order valence-corrected chi connectivity index (χ2v) is 8.70. The van der Waals surface area contributed by atoms with Crippen LogP contribution in [0.2, 0.25) is 10.0 Å². The number of aromatic nitrogens is 2. The van der Waals surface area contributed by atoms with E-state index < -0.39 is 0 Å². The number of H-pyrrole nitrogens is 1. The molecule has 7 heteroatoms. The molecule has 1 aromatic carbocycles. The van der Waals surface area contributed by atoms with Crippen LogP contribution < -0.4 is 0 Å². The summed E-state index contributed by atoms with van der Waals surface area (Å²) >= 11 is 14.4. The molecule has 0 radical (unpaired) electrons. The number of nitrogens with one attached hydrogen (secondary N) is 1. The number of halogens is 2. The zero-order valence-corrected chi connectivity index (χ0v) is 17.8. The smallest absolute Gasteiger partial charge is 0.148 e. The van der Waals surface area contributed by atoms with Gasteiger partial charge < -0.3 is 4.98 Å². The van der Waals surface area contributed by atoms with Crippen LogP contribution in [0, 0.1) is 0 Å². The summed E-state index contributed by atoms with van der Waals surface area (Å²) in [7, 11) is 0. The number of thiophene rings is 1. The third-order valence-electron chi connectivity index (χ3n) is 4.87. The van der Waals surface area contributed by atoms with Crippen molar-refractivity contribution in [3.05, 3.63) is 81.6 Å². The molecule has 0 unspecified atom stereocenters. The Bertz CT molecular complexity index is 1220. The van der Waals surface area contributed by atoms with Crippen LogP contribution in [-0.4, -0.2) is 27.2 Å². The second kappa shape index (κ2) is 7.34. The molecular formula is C22H16Cl2N4S. The van der Waals surface area contributed by atoms with Crippen LogP contribution in [0.25, 0.3) is 27.4 Å². The topological polar surface area (TPSA) is 44.3 Å². The van der Waals surface area contributed by atoms with Gasteiger partial charge in [0.05, 0.1) is 17.1 Å². The molecule has 0 atom stereocenters. The predicted octanol–water partition coefficient (Wildman–Crippen LogP) is 6.64. The molecule has 2 aliphatic rings. The minimum Gasteiger partial charge on any atom is -0.344 e. The van der Waals surface area contributed by atoms with Crippen molar-refractivity contribution in [3.63, 3.8) is 0 Å². The Hall–Kier alpha value is -2.60. The van der Waals surface area contributed by atoms with Gasteiger partial charge in [-0.15, -0.1) is 11.3 Å². The van der Waals surface area contributed by atoms with Crippen LogP contribution in [0.4, 0.5) is 0 Å². The Labute approximate surface area is 182 Å². The first-order valence-corrected chi connectivity index (χ1v) is 10.7. The first-order chi connectivity index (χ1) is 14.1. The van der Waals surface area contributed by atoms with E-state index in [1.165, 1.54) is 5.57 Å². The van der Waals surface area contributed by atoms with E-state index in [1.807, 2.05) is 35.6 Å². The van der Waals surface area contributed by atoms with Crippen LogP contribution in [0.5, 0.6) is 0 Å². The van der Waals surface area contributed by atoms with Crippen LogP contribution in [-0.2, 0) is 0 Å². The van der Waals surface area contributed by atoms with Crippen molar-refractivity contribution in [2.45, 2.75) is 6.92 Å². The minimum atomic E-state index is 0.616. The van der Waals surface area contributed by atoms with Crippen molar-refractivity contribution < 1.29 is 0 Å². The maximum atomic E-state index is 6.55. The zero-order chi connectivity index (χ0) is 20.0. The molecular weight excluding hydrogens is 423 g/mol.